The van der Waals surface area contributed by atoms with Crippen LogP contribution in [-0.2, 0) is 0 Å². The number of piperidine rings is 1. The highest BCUT2D eigenvalue weighted by Crippen LogP contribution is 2.39. The van der Waals surface area contributed by atoms with Gasteiger partial charge in [0.1, 0.15) is 22.5 Å². The van der Waals surface area contributed by atoms with Crippen molar-refractivity contribution in [2.24, 2.45) is 5.92 Å². The van der Waals surface area contributed by atoms with Crippen molar-refractivity contribution in [1.82, 2.24) is 34.9 Å². The number of aromatic nitrogens is 5. The molecule has 9 nitrogen and oxygen atoms in total. The van der Waals surface area contributed by atoms with E-state index < -0.39 is 0 Å². The normalized spacial score (nSPS) is 20.4. The summed E-state index contributed by atoms with van der Waals surface area (Å²) in [6, 6.07) is 8.64. The predicted molar refractivity (Wildman–Crippen MR) is 155 cm³/mol. The Morgan fingerprint density at radius 2 is 1.92 bits per heavy atom. The van der Waals surface area contributed by atoms with Crippen molar-refractivity contribution in [3.05, 3.63) is 47.4 Å². The summed E-state index contributed by atoms with van der Waals surface area (Å²) in [5.74, 6) is 2.08. The first-order valence-electron chi connectivity index (χ1n) is 13.9. The van der Waals surface area contributed by atoms with Crippen LogP contribution in [-0.4, -0.2) is 69.4 Å². The summed E-state index contributed by atoms with van der Waals surface area (Å²) < 4.78 is 1.94. The summed E-state index contributed by atoms with van der Waals surface area (Å²) in [6.07, 6.45) is 12.8. The molecule has 10 heteroatoms. The van der Waals surface area contributed by atoms with Crippen LogP contribution >= 0.6 is 11.3 Å². The molecule has 6 rings (SSSR count). The molecule has 0 radical (unpaired) electrons. The minimum atomic E-state index is 0.487. The van der Waals surface area contributed by atoms with Crippen molar-refractivity contribution >= 4 is 28.1 Å². The van der Waals surface area contributed by atoms with Crippen LogP contribution < -0.4 is 10.6 Å². The maximum absolute atomic E-state index is 9.17. The first-order chi connectivity index (χ1) is 19.1. The second kappa shape index (κ2) is 11.4. The molecule has 202 valence electrons. The third-order valence-corrected chi connectivity index (χ3v) is 9.53. The van der Waals surface area contributed by atoms with Crippen molar-refractivity contribution in [1.29, 1.82) is 5.26 Å². The molecule has 0 spiro atoms. The quantitative estimate of drug-likeness (QED) is 0.343. The summed E-state index contributed by atoms with van der Waals surface area (Å²) in [6.45, 7) is 3.57. The molecule has 1 aliphatic carbocycles. The molecule has 0 bridgehead atoms. The third kappa shape index (κ3) is 5.39. The van der Waals surface area contributed by atoms with Crippen LogP contribution in [0.5, 0.6) is 0 Å². The molecule has 0 amide bonds. The number of anilines is 1. The zero-order chi connectivity index (χ0) is 26.8. The molecule has 4 aromatic rings. The van der Waals surface area contributed by atoms with Crippen LogP contribution in [0.1, 0.15) is 55.0 Å². The number of hydrogen-bond acceptors (Lipinski definition) is 9. The van der Waals surface area contributed by atoms with Gasteiger partial charge in [-0.05, 0) is 76.7 Å². The van der Waals surface area contributed by atoms with E-state index in [0.717, 1.165) is 44.0 Å². The Morgan fingerprint density at radius 3 is 2.69 bits per heavy atom. The van der Waals surface area contributed by atoms with Gasteiger partial charge in [-0.2, -0.15) is 5.26 Å². The molecule has 2 fully saturated rings. The van der Waals surface area contributed by atoms with Crippen molar-refractivity contribution in [2.75, 3.05) is 39.0 Å². The third-order valence-electron chi connectivity index (χ3n) is 8.41. The van der Waals surface area contributed by atoms with E-state index in [1.165, 1.54) is 58.2 Å². The van der Waals surface area contributed by atoms with E-state index in [2.05, 4.69) is 43.8 Å². The van der Waals surface area contributed by atoms with E-state index in [9.17, 15) is 5.26 Å². The molecule has 1 aliphatic heterocycles. The summed E-state index contributed by atoms with van der Waals surface area (Å²) in [5, 5.41) is 28.1. The van der Waals surface area contributed by atoms with E-state index in [1.54, 1.807) is 17.5 Å². The summed E-state index contributed by atoms with van der Waals surface area (Å²) in [5.41, 5.74) is 3.22. The van der Waals surface area contributed by atoms with E-state index in [-0.39, 0.29) is 0 Å². The van der Waals surface area contributed by atoms with Gasteiger partial charge in [0.15, 0.2) is 5.01 Å². The van der Waals surface area contributed by atoms with Crippen LogP contribution in [0.3, 0.4) is 0 Å². The molecule has 39 heavy (non-hydrogen) atoms. The summed E-state index contributed by atoms with van der Waals surface area (Å²) >= 11 is 1.70. The van der Waals surface area contributed by atoms with Crippen LogP contribution in [0, 0.1) is 17.2 Å². The molecular weight excluding hydrogens is 506 g/mol. The smallest absolute Gasteiger partial charge is 0.151 e. The fraction of sp³-hybridized carbons (Fsp3) is 0.483. The maximum Gasteiger partial charge on any atom is 0.151 e. The lowest BCUT2D eigenvalue weighted by Gasteiger charge is -2.36. The molecule has 1 saturated heterocycles. The summed E-state index contributed by atoms with van der Waals surface area (Å²) in [7, 11) is 4.24. The van der Waals surface area contributed by atoms with Crippen molar-refractivity contribution in [3.8, 4) is 22.5 Å². The van der Waals surface area contributed by atoms with Crippen LogP contribution in [0.2, 0.25) is 0 Å². The van der Waals surface area contributed by atoms with Gasteiger partial charge in [0, 0.05) is 61.3 Å². The lowest BCUT2D eigenvalue weighted by molar-refractivity contribution is 0.147. The Bertz CT molecular complexity index is 1470. The Balaban J connectivity index is 1.14. The first kappa shape index (κ1) is 25.9. The van der Waals surface area contributed by atoms with Gasteiger partial charge in [-0.1, -0.05) is 11.3 Å². The van der Waals surface area contributed by atoms with Crippen molar-refractivity contribution < 1.29 is 0 Å². The molecule has 0 unspecified atom stereocenters. The van der Waals surface area contributed by atoms with Gasteiger partial charge in [-0.15, -0.1) is 10.2 Å². The average molecular weight is 542 g/mol. The number of nitrogens with one attached hydrogen (secondary N) is 2. The van der Waals surface area contributed by atoms with Crippen LogP contribution in [0.4, 0.5) is 5.69 Å². The molecule has 4 aromatic heterocycles. The lowest BCUT2D eigenvalue weighted by atomic mass is 9.85. The van der Waals surface area contributed by atoms with Crippen LogP contribution in [0.15, 0.2) is 36.8 Å². The largest absolute Gasteiger partial charge is 0.387 e. The van der Waals surface area contributed by atoms with E-state index in [4.69, 9.17) is 4.98 Å². The van der Waals surface area contributed by atoms with Gasteiger partial charge in [-0.3, -0.25) is 4.57 Å². The van der Waals surface area contributed by atoms with Gasteiger partial charge < -0.3 is 15.5 Å². The standard InChI is InChI=1S/C29H35N9S/c1-31-25-14-26(38-12-9-22-13-20(15-30)16-34-27(22)38)33-17-24(25)29-36-35-28(39-29)21-3-5-23(6-4-21)37(2)18-19-7-10-32-11-8-19/h9,12-14,16-17,19,21,23,32H,3-8,10-11,18H2,1-2H3,(H,31,33)/t21-,23-. The number of nitrogens with zero attached hydrogens (tertiary/aromatic N) is 7. The fourth-order valence-corrected chi connectivity index (χ4v) is 7.15. The summed E-state index contributed by atoms with van der Waals surface area (Å²) in [4.78, 5) is 11.8. The minimum absolute atomic E-state index is 0.487. The average Bonchev–Trinajstić information content (AvgIpc) is 3.65. The first-order valence-corrected chi connectivity index (χ1v) is 14.7. The molecule has 0 atom stereocenters. The second-order valence-corrected chi connectivity index (χ2v) is 11.9. The lowest BCUT2D eigenvalue weighted by Crippen LogP contribution is -2.40. The number of hydrogen-bond donors (Lipinski definition) is 2. The maximum atomic E-state index is 9.17. The number of fused-ring (bicyclic) bond motifs is 1. The highest BCUT2D eigenvalue weighted by molar-refractivity contribution is 7.14. The zero-order valence-electron chi connectivity index (χ0n) is 22.6. The Morgan fingerprint density at radius 1 is 1.10 bits per heavy atom. The molecular formula is C29H35N9S. The van der Waals surface area contributed by atoms with Gasteiger partial charge >= 0.3 is 0 Å². The Kier molecular flexibility index (Phi) is 7.55. The van der Waals surface area contributed by atoms with Gasteiger partial charge in [0.05, 0.1) is 11.1 Å². The highest BCUT2D eigenvalue weighted by Gasteiger charge is 2.29. The van der Waals surface area contributed by atoms with Gasteiger partial charge in [0.2, 0.25) is 0 Å². The van der Waals surface area contributed by atoms with E-state index in [0.29, 0.717) is 17.5 Å². The number of pyridine rings is 2. The predicted octanol–water partition coefficient (Wildman–Crippen LogP) is 4.81. The molecule has 1 saturated carbocycles. The zero-order valence-corrected chi connectivity index (χ0v) is 23.4. The van der Waals surface area contributed by atoms with Gasteiger partial charge in [-0.25, -0.2) is 9.97 Å². The SMILES string of the molecule is CNc1cc(-n2ccc3cc(C#N)cnc32)ncc1-c1nnc([C@H]2CC[C@H](N(C)CC3CCNCC3)CC2)s1. The topological polar surface area (TPSA) is 108 Å². The molecule has 0 aromatic carbocycles. The Labute approximate surface area is 233 Å². The van der Waals surface area contributed by atoms with E-state index >= 15 is 0 Å². The van der Waals surface area contributed by atoms with Crippen molar-refractivity contribution in [3.63, 3.8) is 0 Å². The minimum Gasteiger partial charge on any atom is -0.387 e. The second-order valence-electron chi connectivity index (χ2n) is 10.9. The highest BCUT2D eigenvalue weighted by atomic mass is 32.1. The molecule has 2 aliphatic rings. The molecule has 5 heterocycles. The fourth-order valence-electron chi connectivity index (χ4n) is 6.12. The van der Waals surface area contributed by atoms with E-state index in [1.807, 2.05) is 42.2 Å². The number of nitriles is 1. The monoisotopic (exact) mass is 541 g/mol. The van der Waals surface area contributed by atoms with Crippen LogP contribution in [0.25, 0.3) is 27.4 Å². The van der Waals surface area contributed by atoms with Crippen molar-refractivity contribution in [2.45, 2.75) is 50.5 Å². The van der Waals surface area contributed by atoms with Gasteiger partial charge in [0.25, 0.3) is 0 Å². The Hall–Kier alpha value is -3.39. The molecule has 2 N–H and O–H groups in total. The number of rotatable bonds is 7.